The van der Waals surface area contributed by atoms with E-state index in [1.165, 1.54) is 5.56 Å². The number of halogens is 1. The molecular weight excluding hydrogens is 298 g/mol. The monoisotopic (exact) mass is 327 g/mol. The van der Waals surface area contributed by atoms with Crippen LogP contribution < -0.4 is 5.32 Å². The molecule has 0 fully saturated rings. The fourth-order valence-corrected chi connectivity index (χ4v) is 3.69. The summed E-state index contributed by atoms with van der Waals surface area (Å²) in [6.45, 7) is 15.2. The van der Waals surface area contributed by atoms with Crippen molar-refractivity contribution < 1.29 is 4.43 Å². The molecule has 0 aromatic heterocycles. The van der Waals surface area contributed by atoms with Crippen LogP contribution in [-0.2, 0) is 10.8 Å². The molecule has 0 saturated heterocycles. The van der Waals surface area contributed by atoms with Crippen molar-refractivity contribution in [2.75, 3.05) is 13.1 Å². The second-order valence-corrected chi connectivity index (χ2v) is 9.67. The van der Waals surface area contributed by atoms with Crippen molar-refractivity contribution in [1.29, 1.82) is 0 Å². The fourth-order valence-electron chi connectivity index (χ4n) is 2.38. The van der Waals surface area contributed by atoms with Crippen molar-refractivity contribution in [1.82, 2.24) is 5.32 Å². The molecule has 21 heavy (non-hydrogen) atoms. The molecule has 0 spiro atoms. The lowest BCUT2D eigenvalue weighted by Gasteiger charge is -2.34. The molecule has 1 atom stereocenters. The van der Waals surface area contributed by atoms with Crippen LogP contribution in [0.2, 0.25) is 18.1 Å². The van der Waals surface area contributed by atoms with Crippen molar-refractivity contribution in [2.24, 2.45) is 5.41 Å². The number of likely N-dealkylation sites (N-methyl/N-ethyl adjacent to an activating group) is 1. The number of benzene rings is 1. The zero-order valence-corrected chi connectivity index (χ0v) is 16.2. The standard InChI is InChI=1S/C17H30ClNOSi/c1-7-19-11-10-13-8-9-15(18)14(12-13)16(17(2,3)4)20-21(5)6/h8-9,12,16,19,21H,7,10-11H2,1-6H3. The molecule has 0 aliphatic heterocycles. The zero-order chi connectivity index (χ0) is 16.0. The fraction of sp³-hybridized carbons (Fsp3) is 0.647. The highest BCUT2D eigenvalue weighted by atomic mass is 35.5. The summed E-state index contributed by atoms with van der Waals surface area (Å²) in [5, 5.41) is 4.18. The van der Waals surface area contributed by atoms with Crippen LogP contribution >= 0.6 is 11.6 Å². The lowest BCUT2D eigenvalue weighted by molar-refractivity contribution is 0.0866. The first-order valence-corrected chi connectivity index (χ1v) is 11.1. The van der Waals surface area contributed by atoms with Crippen LogP contribution in [0.3, 0.4) is 0 Å². The molecule has 0 aliphatic rings. The van der Waals surface area contributed by atoms with E-state index in [2.05, 4.69) is 58.2 Å². The van der Waals surface area contributed by atoms with Gasteiger partial charge in [0, 0.05) is 5.02 Å². The Kier molecular flexibility index (Phi) is 7.41. The molecule has 0 heterocycles. The van der Waals surface area contributed by atoms with Gasteiger partial charge < -0.3 is 9.74 Å². The maximum Gasteiger partial charge on any atom is 0.171 e. The van der Waals surface area contributed by atoms with Gasteiger partial charge in [-0.2, -0.15) is 0 Å². The SMILES string of the molecule is CCNCCc1ccc(Cl)c(C(O[SiH](C)C)C(C)(C)C)c1. The van der Waals surface area contributed by atoms with E-state index in [4.69, 9.17) is 16.0 Å². The summed E-state index contributed by atoms with van der Waals surface area (Å²) in [4.78, 5) is 0. The summed E-state index contributed by atoms with van der Waals surface area (Å²) in [6, 6.07) is 6.37. The topological polar surface area (TPSA) is 21.3 Å². The Morgan fingerprint density at radius 3 is 2.48 bits per heavy atom. The van der Waals surface area contributed by atoms with Gasteiger partial charge in [-0.05, 0) is 55.2 Å². The smallest absolute Gasteiger partial charge is 0.171 e. The average Bonchev–Trinajstić information content (AvgIpc) is 2.37. The first-order chi connectivity index (χ1) is 9.75. The van der Waals surface area contributed by atoms with Gasteiger partial charge in [-0.25, -0.2) is 0 Å². The first-order valence-electron chi connectivity index (χ1n) is 7.90. The molecule has 0 radical (unpaired) electrons. The van der Waals surface area contributed by atoms with Crippen LogP contribution in [0.1, 0.15) is 44.9 Å². The molecule has 1 rings (SSSR count). The van der Waals surface area contributed by atoms with Gasteiger partial charge >= 0.3 is 0 Å². The molecule has 1 aromatic rings. The van der Waals surface area contributed by atoms with E-state index in [0.717, 1.165) is 30.1 Å². The quantitative estimate of drug-likeness (QED) is 0.584. The number of rotatable bonds is 7. The second kappa shape index (κ2) is 8.32. The van der Waals surface area contributed by atoms with E-state index in [1.807, 2.05) is 6.07 Å². The van der Waals surface area contributed by atoms with Gasteiger partial charge in [0.15, 0.2) is 9.04 Å². The largest absolute Gasteiger partial charge is 0.413 e. The molecule has 0 bridgehead atoms. The van der Waals surface area contributed by atoms with E-state index in [-0.39, 0.29) is 11.5 Å². The van der Waals surface area contributed by atoms with E-state index in [9.17, 15) is 0 Å². The molecule has 0 amide bonds. The van der Waals surface area contributed by atoms with Crippen molar-refractivity contribution in [3.63, 3.8) is 0 Å². The van der Waals surface area contributed by atoms with Crippen LogP contribution in [0, 0.1) is 5.41 Å². The average molecular weight is 328 g/mol. The lowest BCUT2D eigenvalue weighted by Crippen LogP contribution is -2.26. The number of hydrogen-bond donors (Lipinski definition) is 1. The molecule has 2 nitrogen and oxygen atoms in total. The molecule has 120 valence electrons. The van der Waals surface area contributed by atoms with Gasteiger partial charge in [0.2, 0.25) is 0 Å². The Balaban J connectivity index is 3.03. The van der Waals surface area contributed by atoms with Gasteiger partial charge in [-0.15, -0.1) is 0 Å². The van der Waals surface area contributed by atoms with Crippen LogP contribution in [0.25, 0.3) is 0 Å². The zero-order valence-electron chi connectivity index (χ0n) is 14.3. The van der Waals surface area contributed by atoms with Gasteiger partial charge in [0.1, 0.15) is 0 Å². The molecule has 1 unspecified atom stereocenters. The normalized spacial score (nSPS) is 13.7. The number of nitrogens with one attached hydrogen (secondary N) is 1. The van der Waals surface area contributed by atoms with Crippen molar-refractivity contribution >= 4 is 20.6 Å². The van der Waals surface area contributed by atoms with Gasteiger partial charge in [0.05, 0.1) is 6.10 Å². The van der Waals surface area contributed by atoms with Gasteiger partial charge in [-0.3, -0.25) is 0 Å². The third-order valence-electron chi connectivity index (χ3n) is 3.38. The third kappa shape index (κ3) is 6.11. The molecule has 0 saturated carbocycles. The highest BCUT2D eigenvalue weighted by molar-refractivity contribution is 6.48. The van der Waals surface area contributed by atoms with E-state index < -0.39 is 9.04 Å². The lowest BCUT2D eigenvalue weighted by atomic mass is 9.84. The summed E-state index contributed by atoms with van der Waals surface area (Å²) in [7, 11) is -1.13. The van der Waals surface area contributed by atoms with Gasteiger partial charge in [-0.1, -0.05) is 51.4 Å². The Hall–Kier alpha value is -0.353. The summed E-state index contributed by atoms with van der Waals surface area (Å²) < 4.78 is 6.30. The summed E-state index contributed by atoms with van der Waals surface area (Å²) >= 11 is 6.46. The Bertz CT molecular complexity index is 443. The predicted octanol–water partition coefficient (Wildman–Crippen LogP) is 4.58. The molecule has 0 aliphatic carbocycles. The van der Waals surface area contributed by atoms with Crippen molar-refractivity contribution in [3.05, 3.63) is 34.3 Å². The summed E-state index contributed by atoms with van der Waals surface area (Å²) in [5.41, 5.74) is 2.50. The second-order valence-electron chi connectivity index (χ2n) is 6.89. The van der Waals surface area contributed by atoms with Gasteiger partial charge in [0.25, 0.3) is 0 Å². The maximum absolute atomic E-state index is 6.46. The Morgan fingerprint density at radius 2 is 1.95 bits per heavy atom. The van der Waals surface area contributed by atoms with Crippen molar-refractivity contribution in [2.45, 2.75) is 53.3 Å². The van der Waals surface area contributed by atoms with Crippen LogP contribution in [-0.4, -0.2) is 22.1 Å². The van der Waals surface area contributed by atoms with Crippen LogP contribution in [0.4, 0.5) is 0 Å². The maximum atomic E-state index is 6.46. The Labute approximate surface area is 137 Å². The third-order valence-corrected chi connectivity index (χ3v) is 4.54. The number of hydrogen-bond acceptors (Lipinski definition) is 2. The first kappa shape index (κ1) is 18.7. The molecule has 1 N–H and O–H groups in total. The summed E-state index contributed by atoms with van der Waals surface area (Å²) in [5.74, 6) is 0. The predicted molar refractivity (Wildman–Crippen MR) is 95.9 cm³/mol. The van der Waals surface area contributed by atoms with E-state index >= 15 is 0 Å². The van der Waals surface area contributed by atoms with Crippen LogP contribution in [0.15, 0.2) is 18.2 Å². The molecular formula is C17H30ClNOSi. The highest BCUT2D eigenvalue weighted by Gasteiger charge is 2.29. The Morgan fingerprint density at radius 1 is 1.29 bits per heavy atom. The minimum absolute atomic E-state index is 0.0429. The molecule has 4 heteroatoms. The highest BCUT2D eigenvalue weighted by Crippen LogP contribution is 2.40. The summed E-state index contributed by atoms with van der Waals surface area (Å²) in [6.07, 6.45) is 1.09. The van der Waals surface area contributed by atoms with Crippen LogP contribution in [0.5, 0.6) is 0 Å². The van der Waals surface area contributed by atoms with E-state index in [0.29, 0.717) is 0 Å². The van der Waals surface area contributed by atoms with Crippen molar-refractivity contribution in [3.8, 4) is 0 Å². The minimum atomic E-state index is -1.13. The minimum Gasteiger partial charge on any atom is -0.413 e. The molecule has 1 aromatic carbocycles. The van der Waals surface area contributed by atoms with E-state index in [1.54, 1.807) is 0 Å².